The summed E-state index contributed by atoms with van der Waals surface area (Å²) in [7, 11) is 0. The average molecular weight is 758 g/mol. The molecule has 0 spiro atoms. The van der Waals surface area contributed by atoms with Crippen molar-refractivity contribution in [3.8, 4) is 50.5 Å². The number of allylic oxidation sites excluding steroid dienone is 8. The molecule has 2 atom stereocenters. The first-order valence-corrected chi connectivity index (χ1v) is 20.8. The van der Waals surface area contributed by atoms with Crippen molar-refractivity contribution in [2.45, 2.75) is 25.7 Å². The zero-order chi connectivity index (χ0) is 39.3. The molecule has 2 aromatic heterocycles. The number of hydrogen-bond acceptors (Lipinski definition) is 2. The van der Waals surface area contributed by atoms with Gasteiger partial charge >= 0.3 is 0 Å². The number of pyridine rings is 1. The van der Waals surface area contributed by atoms with Crippen molar-refractivity contribution in [3.63, 3.8) is 0 Å². The Kier molecular flexibility index (Phi) is 8.66. The molecule has 1 aliphatic heterocycles. The SMILES string of the molecule is CC1C=CC=CC1c1cc(C2=CCCC=C2)nc(-c2cccc(-c3cccc(N4c5ccccc5-c5c(n(-c6ccccc6)c6ccccc56)-c5ccccc54)c3)c2)c1. The van der Waals surface area contributed by atoms with Crippen LogP contribution >= 0.6 is 0 Å². The third-order valence-corrected chi connectivity index (χ3v) is 12.2. The molecule has 11 rings (SSSR count). The Bertz CT molecular complexity index is 3030. The highest BCUT2D eigenvalue weighted by Gasteiger charge is 2.31. The second kappa shape index (κ2) is 14.6. The Hall–Kier alpha value is -7.23. The van der Waals surface area contributed by atoms with Crippen LogP contribution in [0.2, 0.25) is 0 Å². The van der Waals surface area contributed by atoms with Gasteiger partial charge in [0.1, 0.15) is 0 Å². The Balaban J connectivity index is 1.05. The number of anilines is 3. The first-order chi connectivity index (χ1) is 29.2. The first kappa shape index (κ1) is 35.0. The third-order valence-electron chi connectivity index (χ3n) is 12.2. The highest BCUT2D eigenvalue weighted by atomic mass is 15.2. The van der Waals surface area contributed by atoms with Crippen LogP contribution in [0.5, 0.6) is 0 Å². The zero-order valence-corrected chi connectivity index (χ0v) is 33.0. The Labute approximate surface area is 346 Å². The molecule has 2 aliphatic carbocycles. The molecule has 3 heteroatoms. The number of hydrogen-bond donors (Lipinski definition) is 0. The van der Waals surface area contributed by atoms with Crippen LogP contribution in [0.3, 0.4) is 0 Å². The maximum absolute atomic E-state index is 5.33. The van der Waals surface area contributed by atoms with Crippen LogP contribution in [0.1, 0.15) is 36.9 Å². The van der Waals surface area contributed by atoms with Crippen molar-refractivity contribution in [2.75, 3.05) is 4.90 Å². The van der Waals surface area contributed by atoms with Crippen LogP contribution < -0.4 is 4.90 Å². The van der Waals surface area contributed by atoms with Gasteiger partial charge in [-0.3, -0.25) is 0 Å². The summed E-state index contributed by atoms with van der Waals surface area (Å²) in [5.41, 5.74) is 18.6. The smallest absolute Gasteiger partial charge is 0.0712 e. The largest absolute Gasteiger partial charge is 0.309 e. The van der Waals surface area contributed by atoms with Crippen LogP contribution in [-0.2, 0) is 0 Å². The monoisotopic (exact) mass is 757 g/mol. The quantitative estimate of drug-likeness (QED) is 0.168. The maximum atomic E-state index is 5.33. The predicted molar refractivity (Wildman–Crippen MR) is 248 cm³/mol. The van der Waals surface area contributed by atoms with Crippen molar-refractivity contribution in [1.29, 1.82) is 0 Å². The van der Waals surface area contributed by atoms with Crippen molar-refractivity contribution >= 4 is 33.5 Å². The maximum Gasteiger partial charge on any atom is 0.0712 e. The summed E-state index contributed by atoms with van der Waals surface area (Å²) in [4.78, 5) is 7.78. The van der Waals surface area contributed by atoms with Gasteiger partial charge in [-0.25, -0.2) is 4.98 Å². The molecule has 0 saturated carbocycles. The molecule has 3 aliphatic rings. The lowest BCUT2D eigenvalue weighted by Gasteiger charge is -2.28. The van der Waals surface area contributed by atoms with Gasteiger partial charge in [-0.1, -0.05) is 153 Å². The van der Waals surface area contributed by atoms with E-state index in [9.17, 15) is 0 Å². The summed E-state index contributed by atoms with van der Waals surface area (Å²) in [5.74, 6) is 0.715. The van der Waals surface area contributed by atoms with Crippen molar-refractivity contribution < 1.29 is 0 Å². The fourth-order valence-electron chi connectivity index (χ4n) is 9.43. The second-order valence-corrected chi connectivity index (χ2v) is 15.9. The van der Waals surface area contributed by atoms with Crippen molar-refractivity contribution in [3.05, 3.63) is 218 Å². The van der Waals surface area contributed by atoms with E-state index in [0.29, 0.717) is 11.8 Å². The van der Waals surface area contributed by atoms with E-state index in [-0.39, 0.29) is 0 Å². The number of benzene rings is 6. The molecule has 0 amide bonds. The summed E-state index contributed by atoms with van der Waals surface area (Å²) in [6.45, 7) is 2.31. The lowest BCUT2D eigenvalue weighted by Crippen LogP contribution is -2.11. The summed E-state index contributed by atoms with van der Waals surface area (Å²) >= 11 is 0. The molecule has 0 radical (unpaired) electrons. The first-order valence-electron chi connectivity index (χ1n) is 20.8. The van der Waals surface area contributed by atoms with Gasteiger partial charge < -0.3 is 9.47 Å². The van der Waals surface area contributed by atoms with Gasteiger partial charge in [-0.2, -0.15) is 0 Å². The number of aromatic nitrogens is 2. The molecule has 59 heavy (non-hydrogen) atoms. The van der Waals surface area contributed by atoms with Crippen molar-refractivity contribution in [2.24, 2.45) is 5.92 Å². The predicted octanol–water partition coefficient (Wildman–Crippen LogP) is 15.1. The molecule has 0 saturated heterocycles. The fourth-order valence-corrected chi connectivity index (χ4v) is 9.43. The van der Waals surface area contributed by atoms with Crippen molar-refractivity contribution in [1.82, 2.24) is 9.55 Å². The van der Waals surface area contributed by atoms with Gasteiger partial charge in [-0.15, -0.1) is 0 Å². The molecule has 3 nitrogen and oxygen atoms in total. The summed E-state index contributed by atoms with van der Waals surface area (Å²) in [6.07, 6.45) is 18.0. The molecule has 3 heterocycles. The number of para-hydroxylation sites is 4. The molecular weight excluding hydrogens is 715 g/mol. The van der Waals surface area contributed by atoms with E-state index in [1.807, 2.05) is 0 Å². The lowest BCUT2D eigenvalue weighted by molar-refractivity contribution is 0.634. The standard InChI is InChI=1S/C56H43N3/c1-38-18-8-9-27-46(38)43-36-50(39-19-4-2-5-20-39)57-51(37-43)42-23-16-21-40(34-42)41-22-17-26-45(35-41)58-52-31-13-10-28-47(52)55-48-29-11-14-32-53(48)59(44-24-6-3-7-25-44)56(55)49-30-12-15-33-54(49)58/h3-4,6-38,46H,2,5H2,1H3. The molecule has 282 valence electrons. The average Bonchev–Trinajstić information content (AvgIpc) is 3.59. The normalized spacial score (nSPS) is 16.6. The second-order valence-electron chi connectivity index (χ2n) is 15.9. The highest BCUT2D eigenvalue weighted by Crippen LogP contribution is 2.54. The molecule has 8 aromatic rings. The highest BCUT2D eigenvalue weighted by molar-refractivity contribution is 6.13. The summed E-state index contributed by atoms with van der Waals surface area (Å²) < 4.78 is 2.45. The minimum atomic E-state index is 0.303. The zero-order valence-electron chi connectivity index (χ0n) is 33.0. The van der Waals surface area contributed by atoms with E-state index in [1.165, 1.54) is 44.4 Å². The van der Waals surface area contributed by atoms with Gasteiger partial charge in [0.2, 0.25) is 0 Å². The van der Waals surface area contributed by atoms with E-state index in [1.54, 1.807) is 0 Å². The molecule has 0 fully saturated rings. The van der Waals surface area contributed by atoms with E-state index in [4.69, 9.17) is 4.98 Å². The Morgan fingerprint density at radius 1 is 0.559 bits per heavy atom. The van der Waals surface area contributed by atoms with Gasteiger partial charge in [0.15, 0.2) is 0 Å². The lowest BCUT2D eigenvalue weighted by atomic mass is 9.83. The van der Waals surface area contributed by atoms with Gasteiger partial charge in [0.05, 0.1) is 34.0 Å². The molecule has 0 N–H and O–H groups in total. The Morgan fingerprint density at radius 3 is 2.07 bits per heavy atom. The molecule has 2 unspecified atom stereocenters. The molecular formula is C56H43N3. The number of rotatable bonds is 6. The van der Waals surface area contributed by atoms with E-state index >= 15 is 0 Å². The van der Waals surface area contributed by atoms with Crippen LogP contribution in [0, 0.1) is 5.92 Å². The van der Waals surface area contributed by atoms with Gasteiger partial charge in [-0.05, 0) is 102 Å². The topological polar surface area (TPSA) is 21.1 Å². The molecule has 6 aromatic carbocycles. The third kappa shape index (κ3) is 6.09. The van der Waals surface area contributed by atoms with E-state index < -0.39 is 0 Å². The summed E-state index contributed by atoms with van der Waals surface area (Å²) in [6, 6.07) is 60.0. The van der Waals surface area contributed by atoms with Crippen LogP contribution in [0.15, 0.2) is 206 Å². The Morgan fingerprint density at radius 2 is 1.24 bits per heavy atom. The van der Waals surface area contributed by atoms with Crippen LogP contribution in [0.25, 0.3) is 66.9 Å². The molecule has 0 bridgehead atoms. The fraction of sp³-hybridized carbons (Fsp3) is 0.0893. The van der Waals surface area contributed by atoms with Crippen LogP contribution in [0.4, 0.5) is 17.1 Å². The summed E-state index contributed by atoms with van der Waals surface area (Å²) in [5, 5.41) is 1.24. The van der Waals surface area contributed by atoms with Gasteiger partial charge in [0, 0.05) is 44.9 Å². The minimum absolute atomic E-state index is 0.303. The van der Waals surface area contributed by atoms with Crippen LogP contribution in [-0.4, -0.2) is 9.55 Å². The number of nitrogens with zero attached hydrogens (tertiary/aromatic N) is 3. The number of fused-ring (bicyclic) bond motifs is 7. The minimum Gasteiger partial charge on any atom is -0.309 e. The van der Waals surface area contributed by atoms with E-state index in [0.717, 1.165) is 63.7 Å². The van der Waals surface area contributed by atoms with E-state index in [2.05, 4.69) is 223 Å². The van der Waals surface area contributed by atoms with Gasteiger partial charge in [0.25, 0.3) is 0 Å².